The summed E-state index contributed by atoms with van der Waals surface area (Å²) in [4.78, 5) is 31.4. The summed E-state index contributed by atoms with van der Waals surface area (Å²) in [6.07, 6.45) is 2.63. The Labute approximate surface area is 178 Å². The Balaban J connectivity index is 0.00000103. The van der Waals surface area contributed by atoms with E-state index in [0.29, 0.717) is 19.6 Å². The van der Waals surface area contributed by atoms with Crippen LogP contribution in [-0.2, 0) is 20.9 Å². The van der Waals surface area contributed by atoms with Gasteiger partial charge in [0.15, 0.2) is 0 Å². The molecule has 2 aromatic rings. The first kappa shape index (κ1) is 25.2. The molecule has 0 aliphatic heterocycles. The lowest BCUT2D eigenvalue weighted by atomic mass is 10.0. The molecular weight excluding hydrogens is 384 g/mol. The number of nitrogens with zero attached hydrogens (tertiary/aromatic N) is 2. The van der Waals surface area contributed by atoms with Crippen molar-refractivity contribution in [2.45, 2.75) is 46.7 Å². The maximum Gasteiger partial charge on any atom is 0.292 e. The van der Waals surface area contributed by atoms with Crippen molar-refractivity contribution in [3.8, 4) is 17.0 Å². The van der Waals surface area contributed by atoms with Crippen molar-refractivity contribution in [1.29, 1.82) is 0 Å². The van der Waals surface area contributed by atoms with E-state index in [4.69, 9.17) is 4.79 Å². The van der Waals surface area contributed by atoms with Crippen LogP contribution in [0.3, 0.4) is 0 Å². The second-order valence-electron chi connectivity index (χ2n) is 7.40. The summed E-state index contributed by atoms with van der Waals surface area (Å²) in [6.45, 7) is 9.58. The Bertz CT molecular complexity index is 784. The number of likely N-dealkylation sites (N-methyl/N-ethyl adjacent to an activating group) is 1. The molecule has 0 saturated heterocycles. The zero-order valence-corrected chi connectivity index (χ0v) is 18.7. The van der Waals surface area contributed by atoms with Gasteiger partial charge in [-0.05, 0) is 50.1 Å². The highest BCUT2D eigenvalue weighted by atomic mass is 16.5. The number of hydrogen-bond donors (Lipinski definition) is 3. The molecule has 1 unspecified atom stereocenters. The number of carbonyl (C=O) groups excluding carboxylic acids is 2. The number of phenolic OH excluding ortho intramolecular Hbond substituents is 1. The summed E-state index contributed by atoms with van der Waals surface area (Å²) in [7, 11) is 3.13. The van der Waals surface area contributed by atoms with Crippen molar-refractivity contribution < 1.29 is 19.4 Å². The molecule has 0 radical (unpaired) electrons. The number of aryl methyl sites for hydroxylation is 1. The van der Waals surface area contributed by atoms with Gasteiger partial charge in [0, 0.05) is 12.1 Å². The molecule has 0 aliphatic rings. The van der Waals surface area contributed by atoms with E-state index < -0.39 is 0 Å². The number of H-pyrrole nitrogens is 1. The van der Waals surface area contributed by atoms with Crippen LogP contribution < -0.4 is 5.32 Å². The Morgan fingerprint density at radius 3 is 2.53 bits per heavy atom. The second-order valence-corrected chi connectivity index (χ2v) is 7.40. The van der Waals surface area contributed by atoms with Gasteiger partial charge in [0.1, 0.15) is 11.6 Å². The highest BCUT2D eigenvalue weighted by Crippen LogP contribution is 2.24. The van der Waals surface area contributed by atoms with Crippen LogP contribution in [0.25, 0.3) is 11.3 Å². The molecule has 166 valence electrons. The lowest BCUT2D eigenvalue weighted by Gasteiger charge is -2.28. The third kappa shape index (κ3) is 7.51. The van der Waals surface area contributed by atoms with Gasteiger partial charge in [-0.2, -0.15) is 0 Å². The molecule has 2 rings (SSSR count). The molecule has 1 aromatic carbocycles. The molecule has 3 N–H and O–H groups in total. The van der Waals surface area contributed by atoms with Crippen LogP contribution in [0.2, 0.25) is 0 Å². The van der Waals surface area contributed by atoms with Crippen molar-refractivity contribution in [3.05, 3.63) is 35.8 Å². The number of hydrogen-bond acceptors (Lipinski definition) is 6. The maximum atomic E-state index is 12.9. The quantitative estimate of drug-likeness (QED) is 0.541. The Kier molecular flexibility index (Phi) is 10.6. The van der Waals surface area contributed by atoms with E-state index in [-0.39, 0.29) is 23.6 Å². The monoisotopic (exact) mass is 418 g/mol. The number of ether oxygens (including phenoxy) is 1. The summed E-state index contributed by atoms with van der Waals surface area (Å²) < 4.78 is 3.86. The second kappa shape index (κ2) is 12.6. The van der Waals surface area contributed by atoms with E-state index in [9.17, 15) is 9.90 Å². The van der Waals surface area contributed by atoms with E-state index in [0.717, 1.165) is 29.1 Å². The molecule has 30 heavy (non-hydrogen) atoms. The van der Waals surface area contributed by atoms with Crippen LogP contribution in [0.4, 0.5) is 0 Å². The largest absolute Gasteiger partial charge is 0.508 e. The molecule has 1 heterocycles. The topological polar surface area (TPSA) is 108 Å². The first-order valence-corrected chi connectivity index (χ1v) is 10.0. The average molecular weight is 419 g/mol. The number of aromatic nitrogens is 2. The van der Waals surface area contributed by atoms with Crippen molar-refractivity contribution >= 4 is 12.4 Å². The number of amides is 1. The van der Waals surface area contributed by atoms with Crippen LogP contribution in [0.1, 0.15) is 38.6 Å². The fraction of sp³-hybridized carbons (Fsp3) is 0.500. The van der Waals surface area contributed by atoms with Crippen LogP contribution >= 0.6 is 0 Å². The van der Waals surface area contributed by atoms with Gasteiger partial charge in [-0.1, -0.05) is 20.8 Å². The molecule has 1 atom stereocenters. The lowest BCUT2D eigenvalue weighted by Crippen LogP contribution is -2.48. The molecular formula is C22H34N4O4. The van der Waals surface area contributed by atoms with Gasteiger partial charge in [-0.25, -0.2) is 4.98 Å². The van der Waals surface area contributed by atoms with Crippen molar-refractivity contribution in [2.75, 3.05) is 20.7 Å². The third-order valence-electron chi connectivity index (χ3n) is 4.49. The van der Waals surface area contributed by atoms with Gasteiger partial charge in [0.05, 0.1) is 31.6 Å². The van der Waals surface area contributed by atoms with Crippen LogP contribution in [0, 0.1) is 12.8 Å². The fourth-order valence-electron chi connectivity index (χ4n) is 3.16. The number of phenols is 1. The predicted molar refractivity (Wildman–Crippen MR) is 117 cm³/mol. The highest BCUT2D eigenvalue weighted by Gasteiger charge is 2.26. The third-order valence-corrected chi connectivity index (χ3v) is 4.49. The number of nitrogens with one attached hydrogen (secondary N) is 2. The number of aromatic hydroxyl groups is 1. The van der Waals surface area contributed by atoms with Gasteiger partial charge in [0.25, 0.3) is 6.47 Å². The number of rotatable bonds is 9. The number of aromatic amines is 1. The molecule has 0 aliphatic carbocycles. The summed E-state index contributed by atoms with van der Waals surface area (Å²) in [5.74, 6) is 1.28. The number of benzene rings is 1. The van der Waals surface area contributed by atoms with E-state index in [1.165, 1.54) is 7.11 Å². The average Bonchev–Trinajstić information content (AvgIpc) is 3.16. The number of imidazole rings is 1. The normalized spacial score (nSPS) is 11.4. The number of carbonyl (C=O) groups is 2. The predicted octanol–water partition coefficient (Wildman–Crippen LogP) is 2.86. The van der Waals surface area contributed by atoms with Gasteiger partial charge in [-0.15, -0.1) is 0 Å². The minimum atomic E-state index is -0.204. The van der Waals surface area contributed by atoms with Gasteiger partial charge < -0.3 is 25.0 Å². The Morgan fingerprint density at radius 2 is 2.03 bits per heavy atom. The van der Waals surface area contributed by atoms with Crippen LogP contribution in [-0.4, -0.2) is 59.1 Å². The minimum absolute atomic E-state index is 0.0931. The molecule has 0 bridgehead atoms. The molecule has 0 fully saturated rings. The summed E-state index contributed by atoms with van der Waals surface area (Å²) in [5, 5.41) is 12.9. The highest BCUT2D eigenvalue weighted by molar-refractivity contribution is 5.82. The maximum absolute atomic E-state index is 12.9. The summed E-state index contributed by atoms with van der Waals surface area (Å²) in [5.41, 5.74) is 2.69. The molecule has 8 heteroatoms. The lowest BCUT2D eigenvalue weighted by molar-refractivity contribution is -0.135. The first-order chi connectivity index (χ1) is 14.3. The summed E-state index contributed by atoms with van der Waals surface area (Å²) >= 11 is 0. The standard InChI is InChI=1S/C20H30N4O2.C2H4O2/c1-6-7-24(20(26)19(21-5)13(2)3)12-18-22-11-17(23-18)15-8-14(4)9-16(25)10-15;1-4-2-3/h8-11,13,19,21,25H,6-7,12H2,1-5H3,(H,22,23);2H,1H3. The fourth-order valence-corrected chi connectivity index (χ4v) is 3.16. The van der Waals surface area contributed by atoms with E-state index in [1.807, 2.05) is 38.8 Å². The molecule has 0 spiro atoms. The van der Waals surface area contributed by atoms with Crippen molar-refractivity contribution in [2.24, 2.45) is 5.92 Å². The Morgan fingerprint density at radius 1 is 1.37 bits per heavy atom. The number of methoxy groups -OCH3 is 1. The minimum Gasteiger partial charge on any atom is -0.508 e. The van der Waals surface area contributed by atoms with E-state index in [1.54, 1.807) is 18.3 Å². The van der Waals surface area contributed by atoms with Crippen LogP contribution in [0.5, 0.6) is 5.75 Å². The molecule has 8 nitrogen and oxygen atoms in total. The van der Waals surface area contributed by atoms with Crippen LogP contribution in [0.15, 0.2) is 24.4 Å². The van der Waals surface area contributed by atoms with Gasteiger partial charge >= 0.3 is 0 Å². The SMILES string of the molecule is CCCN(Cc1ncc(-c2cc(C)cc(O)c2)[nH]1)C(=O)C(NC)C(C)C.COC=O. The zero-order chi connectivity index (χ0) is 22.7. The summed E-state index contributed by atoms with van der Waals surface area (Å²) in [6, 6.07) is 5.20. The van der Waals surface area contributed by atoms with Gasteiger partial charge in [-0.3, -0.25) is 9.59 Å². The van der Waals surface area contributed by atoms with E-state index >= 15 is 0 Å². The molecule has 1 amide bonds. The molecule has 1 aromatic heterocycles. The van der Waals surface area contributed by atoms with Gasteiger partial charge in [0.2, 0.25) is 5.91 Å². The Hall–Kier alpha value is -2.87. The first-order valence-electron chi connectivity index (χ1n) is 10.0. The molecule has 0 saturated carbocycles. The zero-order valence-electron chi connectivity index (χ0n) is 18.7. The van der Waals surface area contributed by atoms with Crippen molar-refractivity contribution in [1.82, 2.24) is 20.2 Å². The smallest absolute Gasteiger partial charge is 0.292 e. The van der Waals surface area contributed by atoms with Crippen molar-refractivity contribution in [3.63, 3.8) is 0 Å². The van der Waals surface area contributed by atoms with E-state index in [2.05, 4.69) is 26.9 Å².